The molecule has 0 saturated carbocycles. The normalized spacial score (nSPS) is 16.7. The van der Waals surface area contributed by atoms with E-state index >= 15 is 0 Å². The largest absolute Gasteiger partial charge is 0.331 e. The van der Waals surface area contributed by atoms with Crippen molar-refractivity contribution in [1.82, 2.24) is 14.5 Å². The second-order valence-corrected chi connectivity index (χ2v) is 8.74. The molecule has 1 aliphatic rings. The highest BCUT2D eigenvalue weighted by Crippen LogP contribution is 2.23. The van der Waals surface area contributed by atoms with Crippen LogP contribution in [0.1, 0.15) is 18.5 Å². The summed E-state index contributed by atoms with van der Waals surface area (Å²) in [7, 11) is -3.53. The quantitative estimate of drug-likeness (QED) is 0.846. The Hall–Kier alpha value is -2.09. The van der Waals surface area contributed by atoms with Crippen molar-refractivity contribution in [3.05, 3.63) is 65.2 Å². The summed E-state index contributed by atoms with van der Waals surface area (Å²) in [5, 5.41) is 3.53. The highest BCUT2D eigenvalue weighted by molar-refractivity contribution is 7.89. The lowest BCUT2D eigenvalue weighted by Crippen LogP contribution is -2.53. The van der Waals surface area contributed by atoms with E-state index in [9.17, 15) is 13.2 Å². The van der Waals surface area contributed by atoms with Gasteiger partial charge < -0.3 is 10.2 Å². The second kappa shape index (κ2) is 8.29. The molecule has 2 amide bonds. The highest BCUT2D eigenvalue weighted by Gasteiger charge is 2.30. The summed E-state index contributed by atoms with van der Waals surface area (Å²) < 4.78 is 26.7. The number of carbonyl (C=O) groups is 1. The average molecular weight is 408 g/mol. The maximum absolute atomic E-state index is 12.7. The van der Waals surface area contributed by atoms with Gasteiger partial charge in [0, 0.05) is 31.2 Å². The number of carbonyl (C=O) groups excluding carboxylic acids is 1. The van der Waals surface area contributed by atoms with Crippen molar-refractivity contribution in [2.24, 2.45) is 0 Å². The van der Waals surface area contributed by atoms with E-state index in [0.717, 1.165) is 5.56 Å². The number of benzene rings is 2. The zero-order chi connectivity index (χ0) is 19.4. The SMILES string of the molecule is CC(NC(=O)N1CCN(S(=O)(=O)c2ccccc2)CC1)c1ccccc1Cl. The number of nitrogens with one attached hydrogen (secondary N) is 1. The van der Waals surface area contributed by atoms with Crippen LogP contribution in [0.2, 0.25) is 5.02 Å². The molecule has 3 rings (SSSR count). The second-order valence-electron chi connectivity index (χ2n) is 6.40. The molecule has 2 aromatic rings. The Kier molecular flexibility index (Phi) is 6.04. The van der Waals surface area contributed by atoms with Gasteiger partial charge in [-0.05, 0) is 30.7 Å². The van der Waals surface area contributed by atoms with E-state index < -0.39 is 10.0 Å². The van der Waals surface area contributed by atoms with Crippen LogP contribution in [-0.4, -0.2) is 49.8 Å². The lowest BCUT2D eigenvalue weighted by atomic mass is 10.1. The van der Waals surface area contributed by atoms with Gasteiger partial charge in [0.15, 0.2) is 0 Å². The first-order chi connectivity index (χ1) is 12.9. The van der Waals surface area contributed by atoms with Crippen LogP contribution in [0.3, 0.4) is 0 Å². The highest BCUT2D eigenvalue weighted by atomic mass is 35.5. The number of rotatable bonds is 4. The number of amides is 2. The summed E-state index contributed by atoms with van der Waals surface area (Å²) in [4.78, 5) is 14.4. The van der Waals surface area contributed by atoms with E-state index in [-0.39, 0.29) is 30.1 Å². The maximum Gasteiger partial charge on any atom is 0.317 e. The van der Waals surface area contributed by atoms with Crippen molar-refractivity contribution in [3.63, 3.8) is 0 Å². The van der Waals surface area contributed by atoms with Crippen LogP contribution in [-0.2, 0) is 10.0 Å². The first-order valence-electron chi connectivity index (χ1n) is 8.74. The molecular weight excluding hydrogens is 386 g/mol. The van der Waals surface area contributed by atoms with Gasteiger partial charge in [-0.3, -0.25) is 0 Å². The van der Waals surface area contributed by atoms with Crippen LogP contribution < -0.4 is 5.32 Å². The summed E-state index contributed by atoms with van der Waals surface area (Å²) in [6, 6.07) is 15.3. The fraction of sp³-hybridized carbons (Fsp3) is 0.316. The summed E-state index contributed by atoms with van der Waals surface area (Å²) in [6.07, 6.45) is 0. The smallest absolute Gasteiger partial charge is 0.317 e. The molecule has 1 heterocycles. The minimum atomic E-state index is -3.53. The standard InChI is InChI=1S/C19H22ClN3O3S/c1-15(17-9-5-6-10-18(17)20)21-19(24)22-11-13-23(14-12-22)27(25,26)16-7-3-2-4-8-16/h2-10,15H,11-14H2,1H3,(H,21,24). The van der Waals surface area contributed by atoms with Gasteiger partial charge in [0.1, 0.15) is 0 Å². The lowest BCUT2D eigenvalue weighted by Gasteiger charge is -2.34. The van der Waals surface area contributed by atoms with E-state index in [1.807, 2.05) is 25.1 Å². The molecule has 27 heavy (non-hydrogen) atoms. The number of piperazine rings is 1. The van der Waals surface area contributed by atoms with E-state index in [1.54, 1.807) is 41.3 Å². The van der Waals surface area contributed by atoms with E-state index in [4.69, 9.17) is 11.6 Å². The lowest BCUT2D eigenvalue weighted by molar-refractivity contribution is 0.169. The minimum absolute atomic E-state index is 0.223. The molecule has 1 fully saturated rings. The molecule has 1 aliphatic heterocycles. The predicted octanol–water partition coefficient (Wildman–Crippen LogP) is 3.12. The average Bonchev–Trinajstić information content (AvgIpc) is 2.69. The molecule has 1 unspecified atom stereocenters. The summed E-state index contributed by atoms with van der Waals surface area (Å²) in [5.41, 5.74) is 0.845. The van der Waals surface area contributed by atoms with Gasteiger partial charge in [-0.15, -0.1) is 0 Å². The number of nitrogens with zero attached hydrogens (tertiary/aromatic N) is 2. The van der Waals surface area contributed by atoms with Crippen molar-refractivity contribution >= 4 is 27.7 Å². The van der Waals surface area contributed by atoms with Gasteiger partial charge in [-0.25, -0.2) is 13.2 Å². The van der Waals surface area contributed by atoms with Crippen LogP contribution in [0, 0.1) is 0 Å². The Balaban J connectivity index is 1.59. The molecule has 6 nitrogen and oxygen atoms in total. The first-order valence-corrected chi connectivity index (χ1v) is 10.6. The Labute approximate surface area is 164 Å². The Morgan fingerprint density at radius 1 is 1.00 bits per heavy atom. The first kappa shape index (κ1) is 19.7. The molecule has 1 saturated heterocycles. The third kappa shape index (κ3) is 4.43. The van der Waals surface area contributed by atoms with Gasteiger partial charge in [0.2, 0.25) is 10.0 Å². The fourth-order valence-electron chi connectivity index (χ4n) is 3.05. The van der Waals surface area contributed by atoms with Crippen molar-refractivity contribution < 1.29 is 13.2 Å². The number of urea groups is 1. The molecule has 0 bridgehead atoms. The molecule has 1 atom stereocenters. The Bertz CT molecular complexity index is 897. The summed E-state index contributed by atoms with van der Waals surface area (Å²) in [6.45, 7) is 3.09. The van der Waals surface area contributed by atoms with Gasteiger partial charge in [-0.1, -0.05) is 48.0 Å². The van der Waals surface area contributed by atoms with E-state index in [1.165, 1.54) is 4.31 Å². The van der Waals surface area contributed by atoms with Gasteiger partial charge >= 0.3 is 6.03 Å². The van der Waals surface area contributed by atoms with Gasteiger partial charge in [0.05, 0.1) is 10.9 Å². The van der Waals surface area contributed by atoms with Crippen LogP contribution >= 0.6 is 11.6 Å². The molecule has 0 aromatic heterocycles. The van der Waals surface area contributed by atoms with Crippen molar-refractivity contribution in [2.45, 2.75) is 17.9 Å². The Morgan fingerprint density at radius 2 is 1.59 bits per heavy atom. The zero-order valence-electron chi connectivity index (χ0n) is 15.0. The molecule has 1 N–H and O–H groups in total. The summed E-state index contributed by atoms with van der Waals surface area (Å²) >= 11 is 6.18. The molecular formula is C19H22ClN3O3S. The third-order valence-electron chi connectivity index (χ3n) is 4.62. The maximum atomic E-state index is 12.7. The zero-order valence-corrected chi connectivity index (χ0v) is 16.6. The Morgan fingerprint density at radius 3 is 2.22 bits per heavy atom. The monoisotopic (exact) mass is 407 g/mol. The number of halogens is 1. The van der Waals surface area contributed by atoms with Gasteiger partial charge in [-0.2, -0.15) is 4.31 Å². The molecule has 0 radical (unpaired) electrons. The predicted molar refractivity (Wildman–Crippen MR) is 105 cm³/mol. The van der Waals surface area contributed by atoms with Crippen LogP contribution in [0.5, 0.6) is 0 Å². The molecule has 8 heteroatoms. The molecule has 144 valence electrons. The van der Waals surface area contributed by atoms with Crippen molar-refractivity contribution in [2.75, 3.05) is 26.2 Å². The van der Waals surface area contributed by atoms with Crippen LogP contribution in [0.4, 0.5) is 4.79 Å². The molecule has 0 spiro atoms. The fourth-order valence-corrected chi connectivity index (χ4v) is 4.80. The van der Waals surface area contributed by atoms with E-state index in [0.29, 0.717) is 18.1 Å². The number of hydrogen-bond donors (Lipinski definition) is 1. The van der Waals surface area contributed by atoms with E-state index in [2.05, 4.69) is 5.32 Å². The van der Waals surface area contributed by atoms with Crippen molar-refractivity contribution in [3.8, 4) is 0 Å². The minimum Gasteiger partial charge on any atom is -0.331 e. The van der Waals surface area contributed by atoms with Crippen LogP contribution in [0.15, 0.2) is 59.5 Å². The topological polar surface area (TPSA) is 69.7 Å². The van der Waals surface area contributed by atoms with Crippen LogP contribution in [0.25, 0.3) is 0 Å². The number of hydrogen-bond acceptors (Lipinski definition) is 3. The summed E-state index contributed by atoms with van der Waals surface area (Å²) in [5.74, 6) is 0. The molecule has 2 aromatic carbocycles. The number of sulfonamides is 1. The third-order valence-corrected chi connectivity index (χ3v) is 6.88. The van der Waals surface area contributed by atoms with Crippen molar-refractivity contribution in [1.29, 1.82) is 0 Å². The molecule has 0 aliphatic carbocycles. The van der Waals surface area contributed by atoms with Gasteiger partial charge in [0.25, 0.3) is 0 Å².